The second-order valence-corrected chi connectivity index (χ2v) is 10.5. The number of piperidine rings is 1. The number of hydrogen-bond donors (Lipinski definition) is 1. The lowest BCUT2D eigenvalue weighted by atomic mass is 9.79. The van der Waals surface area contributed by atoms with Gasteiger partial charge >= 0.3 is 5.97 Å². The summed E-state index contributed by atoms with van der Waals surface area (Å²) < 4.78 is 5.90. The molecule has 2 aromatic carbocycles. The number of carbonyl (C=O) groups excluding carboxylic acids is 1. The third kappa shape index (κ3) is 4.74. The molecule has 176 valence electrons. The Morgan fingerprint density at radius 2 is 1.67 bits per heavy atom. The van der Waals surface area contributed by atoms with Crippen LogP contribution >= 0.6 is 0 Å². The number of hydrogen-bond acceptors (Lipinski definition) is 6. The number of ether oxygens (including phenoxy) is 1. The van der Waals surface area contributed by atoms with E-state index in [-0.39, 0.29) is 35.3 Å². The minimum Gasteiger partial charge on any atom is -0.505 e. The molecule has 0 amide bonds. The van der Waals surface area contributed by atoms with Crippen molar-refractivity contribution in [3.05, 3.63) is 47.5 Å². The molecule has 0 bridgehead atoms. The highest BCUT2D eigenvalue weighted by Crippen LogP contribution is 2.38. The summed E-state index contributed by atoms with van der Waals surface area (Å²) in [4.78, 5) is 16.5. The van der Waals surface area contributed by atoms with Gasteiger partial charge in [0.05, 0.1) is 0 Å². The van der Waals surface area contributed by atoms with Crippen molar-refractivity contribution >= 4 is 17.0 Å². The molecule has 3 aromatic rings. The summed E-state index contributed by atoms with van der Waals surface area (Å²) in [7, 11) is 2.14. The molecule has 1 aliphatic heterocycles. The van der Waals surface area contributed by atoms with Crippen LogP contribution in [0.4, 0.5) is 0 Å². The van der Waals surface area contributed by atoms with Crippen molar-refractivity contribution in [2.75, 3.05) is 7.05 Å². The fourth-order valence-electron chi connectivity index (χ4n) is 4.95. The minimum atomic E-state index is -0.189. The fraction of sp³-hybridized carbons (Fsp3) is 0.500. The first-order valence-electron chi connectivity index (χ1n) is 11.5. The van der Waals surface area contributed by atoms with E-state index < -0.39 is 0 Å². The number of rotatable bonds is 5. The number of phenols is 1. The zero-order valence-electron chi connectivity index (χ0n) is 20.4. The average Bonchev–Trinajstić information content (AvgIpc) is 3.16. The van der Waals surface area contributed by atoms with Crippen molar-refractivity contribution in [3.8, 4) is 11.4 Å². The average molecular weight is 451 g/mol. The van der Waals surface area contributed by atoms with Crippen LogP contribution in [0.2, 0.25) is 0 Å². The van der Waals surface area contributed by atoms with E-state index in [1.165, 1.54) is 4.80 Å². The summed E-state index contributed by atoms with van der Waals surface area (Å²) in [6.45, 7) is 10.6. The first kappa shape index (κ1) is 23.2. The van der Waals surface area contributed by atoms with Gasteiger partial charge in [-0.1, -0.05) is 18.2 Å². The Kier molecular flexibility index (Phi) is 5.95. The van der Waals surface area contributed by atoms with Crippen molar-refractivity contribution in [2.24, 2.45) is 0 Å². The maximum Gasteiger partial charge on any atom is 0.306 e. The Hall–Kier alpha value is -2.93. The van der Waals surface area contributed by atoms with E-state index in [1.54, 1.807) is 0 Å². The van der Waals surface area contributed by atoms with E-state index in [4.69, 9.17) is 4.74 Å². The third-order valence-corrected chi connectivity index (χ3v) is 7.03. The van der Waals surface area contributed by atoms with E-state index in [0.717, 1.165) is 35.0 Å². The van der Waals surface area contributed by atoms with Gasteiger partial charge in [-0.25, -0.2) is 0 Å². The van der Waals surface area contributed by atoms with Gasteiger partial charge in [-0.3, -0.25) is 9.69 Å². The van der Waals surface area contributed by atoms with Crippen LogP contribution in [0.1, 0.15) is 58.1 Å². The second-order valence-electron chi connectivity index (χ2n) is 10.5. The second kappa shape index (κ2) is 8.45. The highest BCUT2D eigenvalue weighted by atomic mass is 16.5. The molecule has 2 heterocycles. The highest BCUT2D eigenvalue weighted by molar-refractivity contribution is 5.74. The van der Waals surface area contributed by atoms with E-state index in [0.29, 0.717) is 12.1 Å². The summed E-state index contributed by atoms with van der Waals surface area (Å²) in [6, 6.07) is 11.3. The smallest absolute Gasteiger partial charge is 0.306 e. The molecule has 0 atom stereocenters. The number of esters is 1. The molecule has 0 radical (unpaired) electrons. The number of aromatic hydroxyl groups is 1. The van der Waals surface area contributed by atoms with Crippen molar-refractivity contribution in [1.82, 2.24) is 19.9 Å². The quantitative estimate of drug-likeness (QED) is 0.574. The number of aryl methyl sites for hydroxylation is 2. The number of benzene rings is 2. The van der Waals surface area contributed by atoms with Crippen LogP contribution in [0.5, 0.6) is 5.75 Å². The Balaban J connectivity index is 1.46. The van der Waals surface area contributed by atoms with Gasteiger partial charge in [-0.15, -0.1) is 15.0 Å². The predicted octanol–water partition coefficient (Wildman–Crippen LogP) is 4.56. The minimum absolute atomic E-state index is 0.0318. The predicted molar refractivity (Wildman–Crippen MR) is 129 cm³/mol. The standard InChI is InChI=1S/C26H34N4O3/c1-17-13-18(14-22(24(17)32)30-27-20-9-7-8-10-21(20)28-30)11-12-23(31)33-19-15-25(2,3)29(6)26(4,5)16-19/h7-10,13-14,19,32H,11-12,15-16H2,1-6H3. The molecule has 7 nitrogen and oxygen atoms in total. The maximum atomic E-state index is 12.7. The van der Waals surface area contributed by atoms with Crippen LogP contribution in [0.25, 0.3) is 16.7 Å². The largest absolute Gasteiger partial charge is 0.505 e. The van der Waals surface area contributed by atoms with Crippen LogP contribution < -0.4 is 0 Å². The molecule has 1 saturated heterocycles. The zero-order chi connectivity index (χ0) is 24.0. The highest BCUT2D eigenvalue weighted by Gasteiger charge is 2.44. The molecule has 4 rings (SSSR count). The van der Waals surface area contributed by atoms with E-state index >= 15 is 0 Å². The molecule has 0 spiro atoms. The molecule has 1 N–H and O–H groups in total. The zero-order valence-corrected chi connectivity index (χ0v) is 20.4. The first-order valence-corrected chi connectivity index (χ1v) is 11.5. The monoisotopic (exact) mass is 450 g/mol. The molecule has 0 aliphatic carbocycles. The number of phenolic OH excluding ortho intramolecular Hbond substituents is 1. The van der Waals surface area contributed by atoms with Crippen molar-refractivity contribution in [1.29, 1.82) is 0 Å². The maximum absolute atomic E-state index is 12.7. The Morgan fingerprint density at radius 3 is 2.24 bits per heavy atom. The van der Waals surface area contributed by atoms with Gasteiger partial charge in [0, 0.05) is 30.3 Å². The van der Waals surface area contributed by atoms with Gasteiger partial charge in [-0.05, 0) is 77.4 Å². The van der Waals surface area contributed by atoms with Gasteiger partial charge in [0.2, 0.25) is 0 Å². The molecule has 1 fully saturated rings. The molecular weight excluding hydrogens is 416 g/mol. The number of likely N-dealkylation sites (tertiary alicyclic amines) is 1. The van der Waals surface area contributed by atoms with E-state index in [2.05, 4.69) is 49.8 Å². The summed E-state index contributed by atoms with van der Waals surface area (Å²) in [5.41, 5.74) is 3.61. The third-order valence-electron chi connectivity index (χ3n) is 7.03. The summed E-state index contributed by atoms with van der Waals surface area (Å²) in [6.07, 6.45) is 2.36. The molecule has 33 heavy (non-hydrogen) atoms. The normalized spacial score (nSPS) is 18.5. The number of fused-ring (bicyclic) bond motifs is 1. The lowest BCUT2D eigenvalue weighted by Crippen LogP contribution is -2.60. The molecule has 0 unspecified atom stereocenters. The van der Waals surface area contributed by atoms with Crippen molar-refractivity contribution in [3.63, 3.8) is 0 Å². The summed E-state index contributed by atoms with van der Waals surface area (Å²) in [5, 5.41) is 19.6. The van der Waals surface area contributed by atoms with Crippen LogP contribution in [-0.2, 0) is 16.0 Å². The van der Waals surface area contributed by atoms with Gasteiger partial charge in [0.1, 0.15) is 28.6 Å². The van der Waals surface area contributed by atoms with Gasteiger partial charge in [0.15, 0.2) is 0 Å². The van der Waals surface area contributed by atoms with Crippen molar-refractivity contribution in [2.45, 2.75) is 77.5 Å². The van der Waals surface area contributed by atoms with Gasteiger partial charge < -0.3 is 9.84 Å². The molecule has 1 aliphatic rings. The number of nitrogens with zero attached hydrogens (tertiary/aromatic N) is 4. The SMILES string of the molecule is Cc1cc(CCC(=O)OC2CC(C)(C)N(C)C(C)(C)C2)cc(-n2nc3ccccc3n2)c1O. The van der Waals surface area contributed by atoms with Gasteiger partial charge in [0.25, 0.3) is 0 Å². The van der Waals surface area contributed by atoms with E-state index in [1.807, 2.05) is 43.3 Å². The number of aromatic nitrogens is 3. The molecular formula is C26H34N4O3. The lowest BCUT2D eigenvalue weighted by Gasteiger charge is -2.53. The summed E-state index contributed by atoms with van der Waals surface area (Å²) in [5.74, 6) is -0.0520. The lowest BCUT2D eigenvalue weighted by molar-refractivity contribution is -0.158. The van der Waals surface area contributed by atoms with Crippen LogP contribution in [0.3, 0.4) is 0 Å². The topological polar surface area (TPSA) is 80.5 Å². The van der Waals surface area contributed by atoms with Gasteiger partial charge in [-0.2, -0.15) is 0 Å². The number of carbonyl (C=O) groups is 1. The van der Waals surface area contributed by atoms with E-state index in [9.17, 15) is 9.90 Å². The van der Waals surface area contributed by atoms with Crippen molar-refractivity contribution < 1.29 is 14.6 Å². The fourth-order valence-corrected chi connectivity index (χ4v) is 4.95. The Bertz CT molecular complexity index is 1130. The molecule has 1 aromatic heterocycles. The molecule has 0 saturated carbocycles. The van der Waals surface area contributed by atoms with Crippen LogP contribution in [-0.4, -0.2) is 55.2 Å². The Labute approximate surface area is 195 Å². The molecule has 7 heteroatoms. The first-order chi connectivity index (χ1) is 15.5. The van der Waals surface area contributed by atoms with Crippen LogP contribution in [0.15, 0.2) is 36.4 Å². The summed E-state index contributed by atoms with van der Waals surface area (Å²) >= 11 is 0. The Morgan fingerprint density at radius 1 is 1.09 bits per heavy atom. The van der Waals surface area contributed by atoms with Crippen LogP contribution in [0, 0.1) is 6.92 Å².